The molecule has 0 radical (unpaired) electrons. The van der Waals surface area contributed by atoms with Gasteiger partial charge in [0.25, 0.3) is 0 Å². The summed E-state index contributed by atoms with van der Waals surface area (Å²) in [7, 11) is 0. The fourth-order valence-electron chi connectivity index (χ4n) is 3.40. The number of amides is 1. The molecule has 3 rings (SSSR count). The number of carbonyl (C=O) groups excluding carboxylic acids is 1. The highest BCUT2D eigenvalue weighted by atomic mass is 19.3. The molecule has 1 aliphatic carbocycles. The van der Waals surface area contributed by atoms with Gasteiger partial charge in [0.1, 0.15) is 5.75 Å². The van der Waals surface area contributed by atoms with Crippen LogP contribution in [-0.2, 0) is 11.3 Å². The van der Waals surface area contributed by atoms with E-state index in [1.807, 2.05) is 6.92 Å². The first-order chi connectivity index (χ1) is 11.9. The molecule has 8 heteroatoms. The van der Waals surface area contributed by atoms with Crippen molar-refractivity contribution in [2.75, 3.05) is 6.79 Å². The van der Waals surface area contributed by atoms with Gasteiger partial charge in [-0.05, 0) is 25.8 Å². The SMILES string of the molecule is CC1(N)CCCCC1C(=O)NCc1cc2c(cc1OC(F)F)OCO2. The van der Waals surface area contributed by atoms with E-state index < -0.39 is 12.2 Å². The number of rotatable bonds is 5. The molecule has 0 spiro atoms. The summed E-state index contributed by atoms with van der Waals surface area (Å²) in [6.45, 7) is -1.03. The first-order valence-corrected chi connectivity index (χ1v) is 8.31. The Morgan fingerprint density at radius 1 is 1.40 bits per heavy atom. The van der Waals surface area contributed by atoms with Crippen molar-refractivity contribution in [3.05, 3.63) is 17.7 Å². The van der Waals surface area contributed by atoms with E-state index in [1.54, 1.807) is 6.07 Å². The van der Waals surface area contributed by atoms with Crippen molar-refractivity contribution in [2.24, 2.45) is 11.7 Å². The summed E-state index contributed by atoms with van der Waals surface area (Å²) in [6.07, 6.45) is 3.47. The number of halogens is 2. The van der Waals surface area contributed by atoms with Crippen molar-refractivity contribution in [2.45, 2.75) is 51.3 Å². The molecule has 1 fully saturated rings. The van der Waals surface area contributed by atoms with E-state index in [9.17, 15) is 13.6 Å². The third-order valence-corrected chi connectivity index (χ3v) is 4.80. The van der Waals surface area contributed by atoms with Gasteiger partial charge in [0.05, 0.1) is 5.92 Å². The van der Waals surface area contributed by atoms with Gasteiger partial charge in [0, 0.05) is 23.7 Å². The standard InChI is InChI=1S/C17H22F2N2O4/c1-17(20)5-3-2-4-11(17)15(22)21-8-10-6-13-14(24-9-23-13)7-12(10)25-16(18)19/h6-7,11,16H,2-5,8-9,20H2,1H3,(H,21,22). The highest BCUT2D eigenvalue weighted by Crippen LogP contribution is 2.39. The fraction of sp³-hybridized carbons (Fsp3) is 0.588. The molecule has 2 atom stereocenters. The minimum atomic E-state index is -2.97. The molecule has 1 heterocycles. The van der Waals surface area contributed by atoms with Crippen LogP contribution in [-0.4, -0.2) is 24.9 Å². The van der Waals surface area contributed by atoms with Crippen LogP contribution in [0.1, 0.15) is 38.2 Å². The van der Waals surface area contributed by atoms with Crippen LogP contribution in [0.4, 0.5) is 8.78 Å². The lowest BCUT2D eigenvalue weighted by Gasteiger charge is -2.37. The van der Waals surface area contributed by atoms with E-state index >= 15 is 0 Å². The van der Waals surface area contributed by atoms with E-state index in [0.29, 0.717) is 17.1 Å². The first kappa shape index (κ1) is 17.7. The van der Waals surface area contributed by atoms with E-state index in [0.717, 1.165) is 25.7 Å². The van der Waals surface area contributed by atoms with Crippen LogP contribution < -0.4 is 25.3 Å². The largest absolute Gasteiger partial charge is 0.454 e. The van der Waals surface area contributed by atoms with Gasteiger partial charge in [0.15, 0.2) is 11.5 Å². The molecule has 1 aromatic carbocycles. The predicted octanol–water partition coefficient (Wildman–Crippen LogP) is 2.54. The number of benzene rings is 1. The van der Waals surface area contributed by atoms with E-state index in [-0.39, 0.29) is 30.9 Å². The molecule has 138 valence electrons. The zero-order valence-electron chi connectivity index (χ0n) is 14.0. The Bertz CT molecular complexity index is 652. The second-order valence-corrected chi connectivity index (χ2v) is 6.71. The molecular formula is C17H22F2N2O4. The highest BCUT2D eigenvalue weighted by molar-refractivity contribution is 5.80. The zero-order chi connectivity index (χ0) is 18.0. The molecule has 1 aromatic rings. The number of alkyl halides is 2. The van der Waals surface area contributed by atoms with Crippen molar-refractivity contribution in [1.82, 2.24) is 5.32 Å². The molecule has 2 unspecified atom stereocenters. The summed E-state index contributed by atoms with van der Waals surface area (Å²) in [5.41, 5.74) is 6.08. The van der Waals surface area contributed by atoms with Crippen LogP contribution in [0.15, 0.2) is 12.1 Å². The van der Waals surface area contributed by atoms with Crippen LogP contribution in [0.3, 0.4) is 0 Å². The second kappa shape index (κ2) is 7.03. The molecule has 25 heavy (non-hydrogen) atoms. The molecule has 2 aliphatic rings. The quantitative estimate of drug-likeness (QED) is 0.847. The van der Waals surface area contributed by atoms with Crippen molar-refractivity contribution < 1.29 is 27.8 Å². The van der Waals surface area contributed by atoms with Crippen LogP contribution in [0.25, 0.3) is 0 Å². The number of hydrogen-bond donors (Lipinski definition) is 2. The molecule has 0 saturated heterocycles. The summed E-state index contributed by atoms with van der Waals surface area (Å²) in [5.74, 6) is 0.263. The Kier molecular flexibility index (Phi) is 4.99. The Labute approximate surface area is 144 Å². The van der Waals surface area contributed by atoms with Crippen molar-refractivity contribution in [1.29, 1.82) is 0 Å². The fourth-order valence-corrected chi connectivity index (χ4v) is 3.40. The molecule has 1 aliphatic heterocycles. The molecule has 0 aromatic heterocycles. The third kappa shape index (κ3) is 3.95. The Morgan fingerprint density at radius 3 is 2.80 bits per heavy atom. The van der Waals surface area contributed by atoms with Gasteiger partial charge in [-0.2, -0.15) is 8.78 Å². The average molecular weight is 356 g/mol. The first-order valence-electron chi connectivity index (χ1n) is 8.31. The van der Waals surface area contributed by atoms with Gasteiger partial charge >= 0.3 is 6.61 Å². The predicted molar refractivity (Wildman–Crippen MR) is 85.6 cm³/mol. The average Bonchev–Trinajstić information content (AvgIpc) is 2.98. The van der Waals surface area contributed by atoms with Gasteiger partial charge in [-0.1, -0.05) is 12.8 Å². The molecular weight excluding hydrogens is 334 g/mol. The number of carbonyl (C=O) groups is 1. The zero-order valence-corrected chi connectivity index (χ0v) is 14.0. The van der Waals surface area contributed by atoms with Crippen molar-refractivity contribution >= 4 is 5.91 Å². The normalized spacial score (nSPS) is 25.1. The van der Waals surface area contributed by atoms with E-state index in [2.05, 4.69) is 10.1 Å². The Balaban J connectivity index is 1.72. The highest BCUT2D eigenvalue weighted by Gasteiger charge is 2.37. The maximum absolute atomic E-state index is 12.6. The number of fused-ring (bicyclic) bond motifs is 1. The minimum absolute atomic E-state index is 0.0207. The molecule has 6 nitrogen and oxygen atoms in total. The van der Waals surface area contributed by atoms with Crippen molar-refractivity contribution in [3.8, 4) is 17.2 Å². The van der Waals surface area contributed by atoms with Crippen LogP contribution >= 0.6 is 0 Å². The molecule has 0 bridgehead atoms. The van der Waals surface area contributed by atoms with Crippen LogP contribution in [0.2, 0.25) is 0 Å². The van der Waals surface area contributed by atoms with Gasteiger partial charge in [-0.25, -0.2) is 0 Å². The number of nitrogens with two attached hydrogens (primary N) is 1. The molecule has 3 N–H and O–H groups in total. The van der Waals surface area contributed by atoms with Gasteiger partial charge in [-0.3, -0.25) is 4.79 Å². The summed E-state index contributed by atoms with van der Waals surface area (Å²) in [5, 5.41) is 2.79. The molecule has 1 saturated carbocycles. The van der Waals surface area contributed by atoms with Crippen LogP contribution in [0, 0.1) is 5.92 Å². The van der Waals surface area contributed by atoms with Gasteiger partial charge in [0.2, 0.25) is 12.7 Å². The topological polar surface area (TPSA) is 82.8 Å². The maximum atomic E-state index is 12.6. The van der Waals surface area contributed by atoms with E-state index in [1.165, 1.54) is 6.07 Å². The van der Waals surface area contributed by atoms with Gasteiger partial charge < -0.3 is 25.3 Å². The summed E-state index contributed by atoms with van der Waals surface area (Å²) in [6, 6.07) is 2.90. The third-order valence-electron chi connectivity index (χ3n) is 4.80. The summed E-state index contributed by atoms with van der Waals surface area (Å²) >= 11 is 0. The lowest BCUT2D eigenvalue weighted by Crippen LogP contribution is -2.52. The second-order valence-electron chi connectivity index (χ2n) is 6.71. The monoisotopic (exact) mass is 356 g/mol. The maximum Gasteiger partial charge on any atom is 0.387 e. The number of hydrogen-bond acceptors (Lipinski definition) is 5. The van der Waals surface area contributed by atoms with Crippen LogP contribution in [0.5, 0.6) is 17.2 Å². The van der Waals surface area contributed by atoms with Gasteiger partial charge in [-0.15, -0.1) is 0 Å². The number of ether oxygens (including phenoxy) is 3. The lowest BCUT2D eigenvalue weighted by molar-refractivity contribution is -0.128. The summed E-state index contributed by atoms with van der Waals surface area (Å²) < 4.78 is 40.3. The number of nitrogens with one attached hydrogen (secondary N) is 1. The summed E-state index contributed by atoms with van der Waals surface area (Å²) in [4.78, 5) is 12.5. The minimum Gasteiger partial charge on any atom is -0.454 e. The van der Waals surface area contributed by atoms with E-state index in [4.69, 9.17) is 15.2 Å². The van der Waals surface area contributed by atoms with Crippen molar-refractivity contribution in [3.63, 3.8) is 0 Å². The lowest BCUT2D eigenvalue weighted by atomic mass is 9.74. The molecule has 1 amide bonds. The Hall–Kier alpha value is -2.09. The smallest absolute Gasteiger partial charge is 0.387 e. The Morgan fingerprint density at radius 2 is 2.12 bits per heavy atom.